The fourth-order valence-corrected chi connectivity index (χ4v) is 4.27. The zero-order valence-corrected chi connectivity index (χ0v) is 16.8. The minimum absolute atomic E-state index is 0.300. The van der Waals surface area contributed by atoms with Crippen LogP contribution in [0, 0.1) is 13.8 Å². The summed E-state index contributed by atoms with van der Waals surface area (Å²) in [5, 5.41) is -0.300. The van der Waals surface area contributed by atoms with Crippen LogP contribution in [-0.4, -0.2) is 22.0 Å². The molecule has 1 aliphatic rings. The largest absolute Gasteiger partial charge is 0.318 e. The number of thioether (sulfide) groups is 1. The van der Waals surface area contributed by atoms with Gasteiger partial charge in [-0.2, -0.15) is 0 Å². The summed E-state index contributed by atoms with van der Waals surface area (Å²) in [6.45, 7) is 3.95. The van der Waals surface area contributed by atoms with Crippen molar-refractivity contribution in [3.63, 3.8) is 0 Å². The second-order valence-electron chi connectivity index (χ2n) is 6.72. The number of carbonyl (C=O) groups excluding carboxylic acids is 3. The number of benzene rings is 2. The van der Waals surface area contributed by atoms with Gasteiger partial charge in [0.1, 0.15) is 6.29 Å². The van der Waals surface area contributed by atoms with Gasteiger partial charge in [-0.05, 0) is 79.7 Å². The van der Waals surface area contributed by atoms with Crippen LogP contribution >= 0.6 is 11.8 Å². The molecule has 1 aliphatic heterocycles. The highest BCUT2D eigenvalue weighted by Crippen LogP contribution is 2.36. The predicted octanol–water partition coefficient (Wildman–Crippen LogP) is 5.15. The molecular weight excluding hydrogens is 384 g/mol. The summed E-state index contributed by atoms with van der Waals surface area (Å²) in [5.41, 5.74) is 4.94. The maximum atomic E-state index is 12.8. The van der Waals surface area contributed by atoms with E-state index in [1.807, 2.05) is 38.1 Å². The number of amides is 2. The van der Waals surface area contributed by atoms with Crippen LogP contribution < -0.4 is 4.90 Å². The Hall–Kier alpha value is -3.38. The second kappa shape index (κ2) is 7.56. The molecule has 0 unspecified atom stereocenters. The van der Waals surface area contributed by atoms with E-state index >= 15 is 0 Å². The summed E-state index contributed by atoms with van der Waals surface area (Å²) < 4.78 is 2.06. The van der Waals surface area contributed by atoms with Crippen molar-refractivity contribution >= 4 is 41.0 Å². The van der Waals surface area contributed by atoms with Gasteiger partial charge in [-0.15, -0.1) is 0 Å². The van der Waals surface area contributed by atoms with Crippen molar-refractivity contribution in [2.24, 2.45) is 0 Å². The zero-order chi connectivity index (χ0) is 20.5. The van der Waals surface area contributed by atoms with E-state index in [9.17, 15) is 14.4 Å². The zero-order valence-electron chi connectivity index (χ0n) is 16.0. The summed E-state index contributed by atoms with van der Waals surface area (Å²) in [7, 11) is 0. The molecule has 1 fully saturated rings. The number of aromatic nitrogens is 1. The van der Waals surface area contributed by atoms with Crippen molar-refractivity contribution in [3.8, 4) is 5.69 Å². The number of aryl methyl sites for hydroxylation is 1. The number of aldehydes is 1. The molecule has 0 radical (unpaired) electrons. The van der Waals surface area contributed by atoms with E-state index in [4.69, 9.17) is 0 Å². The molecule has 4 rings (SSSR count). The molecule has 0 N–H and O–H groups in total. The smallest absolute Gasteiger partial charge is 0.298 e. The lowest BCUT2D eigenvalue weighted by Crippen LogP contribution is -2.27. The molecule has 5 nitrogen and oxygen atoms in total. The number of carbonyl (C=O) groups is 3. The van der Waals surface area contributed by atoms with E-state index in [1.165, 1.54) is 4.90 Å². The number of imide groups is 1. The Morgan fingerprint density at radius 3 is 2.24 bits per heavy atom. The Labute approximate surface area is 172 Å². The highest BCUT2D eigenvalue weighted by atomic mass is 32.2. The van der Waals surface area contributed by atoms with Crippen LogP contribution in [0.25, 0.3) is 11.8 Å². The van der Waals surface area contributed by atoms with Crippen LogP contribution in [0.2, 0.25) is 0 Å². The maximum absolute atomic E-state index is 12.8. The first kappa shape index (κ1) is 19.0. The normalized spacial score (nSPS) is 15.4. The highest BCUT2D eigenvalue weighted by molar-refractivity contribution is 8.19. The number of rotatable bonds is 4. The first-order chi connectivity index (χ1) is 14.0. The Kier molecular flexibility index (Phi) is 4.94. The van der Waals surface area contributed by atoms with Crippen LogP contribution in [0.5, 0.6) is 0 Å². The molecule has 0 bridgehead atoms. The van der Waals surface area contributed by atoms with Gasteiger partial charge in [-0.25, -0.2) is 4.90 Å². The van der Waals surface area contributed by atoms with Crippen molar-refractivity contribution in [2.75, 3.05) is 4.90 Å². The number of anilines is 1. The highest BCUT2D eigenvalue weighted by Gasteiger charge is 2.36. The van der Waals surface area contributed by atoms with Gasteiger partial charge in [0, 0.05) is 22.6 Å². The number of hydrogen-bond donors (Lipinski definition) is 0. The molecular formula is C23H18N2O3S. The van der Waals surface area contributed by atoms with Crippen LogP contribution in [0.3, 0.4) is 0 Å². The molecule has 2 aromatic carbocycles. The van der Waals surface area contributed by atoms with Gasteiger partial charge in [-0.3, -0.25) is 14.4 Å². The first-order valence-electron chi connectivity index (χ1n) is 9.07. The van der Waals surface area contributed by atoms with Gasteiger partial charge in [0.25, 0.3) is 11.1 Å². The van der Waals surface area contributed by atoms with Crippen molar-refractivity contribution in [1.29, 1.82) is 0 Å². The van der Waals surface area contributed by atoms with Gasteiger partial charge in [-0.1, -0.05) is 18.2 Å². The second-order valence-corrected chi connectivity index (χ2v) is 7.72. The van der Waals surface area contributed by atoms with E-state index in [2.05, 4.69) is 4.57 Å². The van der Waals surface area contributed by atoms with E-state index in [0.29, 0.717) is 16.2 Å². The fraction of sp³-hybridized carbons (Fsp3) is 0.0870. The lowest BCUT2D eigenvalue weighted by atomic mass is 10.2. The third-order valence-corrected chi connectivity index (χ3v) is 5.72. The molecule has 6 heteroatoms. The van der Waals surface area contributed by atoms with Gasteiger partial charge in [0.05, 0.1) is 10.6 Å². The molecule has 144 valence electrons. The summed E-state index contributed by atoms with van der Waals surface area (Å²) >= 11 is 0.946. The molecule has 1 aromatic heterocycles. The third kappa shape index (κ3) is 3.43. The standard InChI is InChI=1S/C23H18N2O3S/c1-15-12-18(16(2)24(15)20-10-8-17(14-26)9-11-20)13-21-22(27)25(23(28)29-21)19-6-4-3-5-7-19/h3-14H,1-2H3. The molecule has 0 saturated carbocycles. The monoisotopic (exact) mass is 402 g/mol. The minimum Gasteiger partial charge on any atom is -0.318 e. The van der Waals surface area contributed by atoms with E-state index in [-0.39, 0.29) is 11.1 Å². The summed E-state index contributed by atoms with van der Waals surface area (Å²) in [6, 6.07) is 18.2. The van der Waals surface area contributed by atoms with Gasteiger partial charge in [0.2, 0.25) is 0 Å². The summed E-state index contributed by atoms with van der Waals surface area (Å²) in [6.07, 6.45) is 2.58. The minimum atomic E-state index is -0.314. The maximum Gasteiger partial charge on any atom is 0.298 e. The fourth-order valence-electron chi connectivity index (χ4n) is 3.44. The SMILES string of the molecule is Cc1cc(C=C2SC(=O)N(c3ccccc3)C2=O)c(C)n1-c1ccc(C=O)cc1. The van der Waals surface area contributed by atoms with E-state index < -0.39 is 0 Å². The predicted molar refractivity (Wildman–Crippen MR) is 116 cm³/mol. The van der Waals surface area contributed by atoms with Crippen LogP contribution in [0.4, 0.5) is 10.5 Å². The lowest BCUT2D eigenvalue weighted by Gasteiger charge is -2.11. The number of nitrogens with zero attached hydrogens (tertiary/aromatic N) is 2. The van der Waals surface area contributed by atoms with E-state index in [0.717, 1.165) is 40.7 Å². The molecule has 0 spiro atoms. The van der Waals surface area contributed by atoms with Gasteiger partial charge < -0.3 is 4.57 Å². The van der Waals surface area contributed by atoms with Gasteiger partial charge in [0.15, 0.2) is 0 Å². The molecule has 2 heterocycles. The number of para-hydroxylation sites is 1. The Bertz CT molecular complexity index is 1140. The average Bonchev–Trinajstić information content (AvgIpc) is 3.17. The van der Waals surface area contributed by atoms with Crippen molar-refractivity contribution < 1.29 is 14.4 Å². The van der Waals surface area contributed by atoms with Crippen LogP contribution in [-0.2, 0) is 4.79 Å². The molecule has 2 amide bonds. The molecule has 3 aromatic rings. The third-order valence-electron chi connectivity index (χ3n) is 4.85. The van der Waals surface area contributed by atoms with E-state index in [1.54, 1.807) is 42.5 Å². The average molecular weight is 402 g/mol. The van der Waals surface area contributed by atoms with Crippen molar-refractivity contribution in [1.82, 2.24) is 4.57 Å². The quantitative estimate of drug-likeness (QED) is 0.447. The van der Waals surface area contributed by atoms with Crippen LogP contribution in [0.1, 0.15) is 27.3 Å². The number of hydrogen-bond acceptors (Lipinski definition) is 4. The topological polar surface area (TPSA) is 59.4 Å². The molecule has 0 aliphatic carbocycles. The lowest BCUT2D eigenvalue weighted by molar-refractivity contribution is -0.113. The van der Waals surface area contributed by atoms with Crippen LogP contribution in [0.15, 0.2) is 65.6 Å². The Morgan fingerprint density at radius 1 is 0.897 bits per heavy atom. The Morgan fingerprint density at radius 2 is 1.59 bits per heavy atom. The Balaban J connectivity index is 1.69. The van der Waals surface area contributed by atoms with Crippen molar-refractivity contribution in [2.45, 2.75) is 13.8 Å². The summed E-state index contributed by atoms with van der Waals surface area (Å²) in [5.74, 6) is -0.314. The molecule has 1 saturated heterocycles. The molecule has 29 heavy (non-hydrogen) atoms. The van der Waals surface area contributed by atoms with Gasteiger partial charge >= 0.3 is 0 Å². The molecule has 0 atom stereocenters. The summed E-state index contributed by atoms with van der Waals surface area (Å²) in [4.78, 5) is 37.8. The first-order valence-corrected chi connectivity index (χ1v) is 9.89. The van der Waals surface area contributed by atoms with Crippen molar-refractivity contribution in [3.05, 3.63) is 88.1 Å².